The van der Waals surface area contributed by atoms with E-state index in [0.717, 1.165) is 11.1 Å². The van der Waals surface area contributed by atoms with E-state index < -0.39 is 11.9 Å². The topological polar surface area (TPSA) is 167 Å². The highest BCUT2D eigenvalue weighted by Crippen LogP contribution is 2.15. The lowest BCUT2D eigenvalue weighted by molar-refractivity contribution is -0.137. The summed E-state index contributed by atoms with van der Waals surface area (Å²) in [4.78, 5) is 29.8. The first-order valence-corrected chi connectivity index (χ1v) is 9.90. The lowest BCUT2D eigenvalue weighted by atomic mass is 10.2. The maximum atomic E-state index is 10.7. The maximum Gasteiger partial charge on any atom is 0.318 e. The van der Waals surface area contributed by atoms with Crippen molar-refractivity contribution in [2.75, 3.05) is 13.1 Å². The number of hydrogen-bond donors (Lipinski definition) is 3. The fourth-order valence-electron chi connectivity index (χ4n) is 2.46. The van der Waals surface area contributed by atoms with Crippen LogP contribution in [0, 0.1) is 0 Å². The molecule has 13 heteroatoms. The Morgan fingerprint density at radius 3 is 1.87 bits per heavy atom. The Balaban J connectivity index is 1.62. The predicted octanol–water partition coefficient (Wildman–Crippen LogP) is 0.801. The van der Waals surface area contributed by atoms with Crippen molar-refractivity contribution < 1.29 is 19.8 Å². The number of aliphatic carboxylic acids is 2. The number of nitrogens with zero attached hydrogens (tertiary/aromatic N) is 7. The van der Waals surface area contributed by atoms with Crippen molar-refractivity contribution in [1.82, 2.24) is 38.8 Å². The van der Waals surface area contributed by atoms with Crippen LogP contribution in [-0.2, 0) is 22.7 Å². The Morgan fingerprint density at radius 1 is 0.871 bits per heavy atom. The molecule has 3 aromatic heterocycles. The summed E-state index contributed by atoms with van der Waals surface area (Å²) >= 11 is 1.95. The lowest BCUT2D eigenvalue weighted by Gasteiger charge is -2.11. The van der Waals surface area contributed by atoms with E-state index in [1.807, 2.05) is 28.9 Å². The van der Waals surface area contributed by atoms with Crippen molar-refractivity contribution in [3.63, 3.8) is 0 Å². The molecular formula is C18H17IN8O4. The highest BCUT2D eigenvalue weighted by Gasteiger charge is 2.11. The molecule has 0 spiro atoms. The van der Waals surface area contributed by atoms with Crippen LogP contribution >= 0.6 is 22.9 Å². The third kappa shape index (κ3) is 6.94. The molecule has 3 aromatic rings. The van der Waals surface area contributed by atoms with E-state index in [1.54, 1.807) is 33.7 Å². The molecule has 0 radical (unpaired) electrons. The molecule has 0 aliphatic rings. The van der Waals surface area contributed by atoms with Crippen LogP contribution in [-0.4, -0.2) is 68.7 Å². The first kappa shape index (κ1) is 22.5. The van der Waals surface area contributed by atoms with E-state index in [1.165, 1.54) is 0 Å². The summed E-state index contributed by atoms with van der Waals surface area (Å²) in [6.45, 7) is 0.607. The van der Waals surface area contributed by atoms with Crippen molar-refractivity contribution in [2.24, 2.45) is 0 Å². The first-order chi connectivity index (χ1) is 14.9. The minimum absolute atomic E-state index is 0.0748. The Kier molecular flexibility index (Phi) is 7.80. The molecular weight excluding hydrogens is 519 g/mol. The van der Waals surface area contributed by atoms with Gasteiger partial charge in [0.2, 0.25) is 11.6 Å². The van der Waals surface area contributed by atoms with E-state index in [9.17, 15) is 9.59 Å². The van der Waals surface area contributed by atoms with Gasteiger partial charge in [0.05, 0.1) is 6.54 Å². The lowest BCUT2D eigenvalue weighted by Crippen LogP contribution is -2.21. The minimum atomic E-state index is -0.926. The Morgan fingerprint density at radius 2 is 1.42 bits per heavy atom. The molecule has 0 amide bonds. The van der Waals surface area contributed by atoms with Gasteiger partial charge in [-0.1, -0.05) is 12.1 Å². The van der Waals surface area contributed by atoms with Crippen LogP contribution in [0.15, 0.2) is 36.7 Å². The van der Waals surface area contributed by atoms with E-state index in [0.29, 0.717) is 24.5 Å². The fourth-order valence-corrected chi connectivity index (χ4v) is 3.15. The summed E-state index contributed by atoms with van der Waals surface area (Å²) in [5.41, 5.74) is 2.64. The maximum absolute atomic E-state index is 10.7. The number of carboxylic acid groups (broad SMARTS) is 2. The summed E-state index contributed by atoms with van der Waals surface area (Å²) in [5.74, 6) is -1.32. The predicted molar refractivity (Wildman–Crippen MR) is 115 cm³/mol. The quantitative estimate of drug-likeness (QED) is 0.247. The van der Waals surface area contributed by atoms with Gasteiger partial charge in [-0.2, -0.15) is 0 Å². The highest BCUT2D eigenvalue weighted by molar-refractivity contribution is 14.1. The van der Waals surface area contributed by atoms with Crippen LogP contribution in [0.5, 0.6) is 0 Å². The molecule has 3 rings (SSSR count). The molecule has 0 saturated carbocycles. The highest BCUT2D eigenvalue weighted by atomic mass is 127. The summed E-state index contributed by atoms with van der Waals surface area (Å²) in [5, 5.41) is 36.4. The first-order valence-electron chi connectivity index (χ1n) is 8.94. The number of hydrogen-bond acceptors (Lipinski definition) is 10. The average molecular weight is 536 g/mol. The van der Waals surface area contributed by atoms with Crippen LogP contribution < -0.4 is 5.32 Å². The number of aromatic nitrogens is 6. The van der Waals surface area contributed by atoms with Gasteiger partial charge in [0.25, 0.3) is 0 Å². The van der Waals surface area contributed by atoms with Crippen molar-refractivity contribution in [3.05, 3.63) is 47.8 Å². The monoisotopic (exact) mass is 536 g/mol. The Bertz CT molecular complexity index is 1030. The third-order valence-electron chi connectivity index (χ3n) is 3.85. The van der Waals surface area contributed by atoms with Gasteiger partial charge >= 0.3 is 11.9 Å². The van der Waals surface area contributed by atoms with Gasteiger partial charge in [0, 0.05) is 48.3 Å². The van der Waals surface area contributed by atoms with Crippen LogP contribution in [0.2, 0.25) is 0 Å². The van der Waals surface area contributed by atoms with Crippen LogP contribution in [0.1, 0.15) is 11.1 Å². The number of rotatable bonds is 10. The SMILES string of the molecule is O=C(O)CNCc1ccc(-c2nnc(-c3ccc(CN(I)CC(=O)O)cn3)nn2)nc1. The number of nitrogens with one attached hydrogen (secondary N) is 1. The molecule has 12 nitrogen and oxygen atoms in total. The van der Waals surface area contributed by atoms with Crippen molar-refractivity contribution >= 4 is 34.8 Å². The van der Waals surface area contributed by atoms with Gasteiger partial charge in [0.15, 0.2) is 0 Å². The molecule has 0 aromatic carbocycles. The molecule has 3 heterocycles. The zero-order valence-corrected chi connectivity index (χ0v) is 18.2. The molecule has 160 valence electrons. The molecule has 0 aliphatic carbocycles. The summed E-state index contributed by atoms with van der Waals surface area (Å²) < 4.78 is 1.63. The van der Waals surface area contributed by atoms with Crippen molar-refractivity contribution in [2.45, 2.75) is 13.1 Å². The summed E-state index contributed by atoms with van der Waals surface area (Å²) in [6, 6.07) is 7.02. The third-order valence-corrected chi connectivity index (χ3v) is 4.54. The normalized spacial score (nSPS) is 10.9. The molecule has 0 saturated heterocycles. The van der Waals surface area contributed by atoms with E-state index in [4.69, 9.17) is 10.2 Å². The number of pyridine rings is 2. The molecule has 3 N–H and O–H groups in total. The second-order valence-electron chi connectivity index (χ2n) is 6.32. The Hall–Kier alpha value is -3.17. The smallest absolute Gasteiger partial charge is 0.318 e. The number of carbonyl (C=O) groups is 2. The average Bonchev–Trinajstić information content (AvgIpc) is 2.74. The van der Waals surface area contributed by atoms with Crippen LogP contribution in [0.4, 0.5) is 0 Å². The van der Waals surface area contributed by atoms with E-state index >= 15 is 0 Å². The molecule has 0 bridgehead atoms. The summed E-state index contributed by atoms with van der Waals surface area (Å²) in [7, 11) is 0. The van der Waals surface area contributed by atoms with E-state index in [-0.39, 0.29) is 24.7 Å². The van der Waals surface area contributed by atoms with Crippen molar-refractivity contribution in [3.8, 4) is 23.0 Å². The van der Waals surface area contributed by atoms with Gasteiger partial charge < -0.3 is 15.5 Å². The van der Waals surface area contributed by atoms with E-state index in [2.05, 4.69) is 35.7 Å². The molecule has 0 fully saturated rings. The Labute approximate surface area is 190 Å². The van der Waals surface area contributed by atoms with Gasteiger partial charge in [-0.15, -0.1) is 20.4 Å². The van der Waals surface area contributed by atoms with Crippen LogP contribution in [0.25, 0.3) is 23.0 Å². The minimum Gasteiger partial charge on any atom is -0.480 e. The molecule has 0 unspecified atom stereocenters. The summed E-state index contributed by atoms with van der Waals surface area (Å²) in [6.07, 6.45) is 3.22. The van der Waals surface area contributed by atoms with Gasteiger partial charge in [-0.25, -0.2) is 3.11 Å². The van der Waals surface area contributed by atoms with Gasteiger partial charge in [0.1, 0.15) is 17.9 Å². The molecule has 0 atom stereocenters. The zero-order valence-electron chi connectivity index (χ0n) is 16.0. The fraction of sp³-hybridized carbons (Fsp3) is 0.222. The molecule has 31 heavy (non-hydrogen) atoms. The second-order valence-corrected chi connectivity index (χ2v) is 7.69. The van der Waals surface area contributed by atoms with Gasteiger partial charge in [-0.3, -0.25) is 19.6 Å². The zero-order chi connectivity index (χ0) is 22.2. The van der Waals surface area contributed by atoms with Gasteiger partial charge in [-0.05, 0) is 23.3 Å². The van der Waals surface area contributed by atoms with Crippen LogP contribution in [0.3, 0.4) is 0 Å². The second kappa shape index (κ2) is 10.7. The number of carboxylic acids is 2. The number of halogens is 1. The standard InChI is InChI=1S/C18H17IN8O4/c19-27(10-16(30)31)9-12-2-4-14(22-7-12)18-25-23-17(24-26-18)13-3-1-11(6-21-13)5-20-8-15(28)29/h1-4,6-7,20H,5,8-10H2,(H,28,29)(H,30,31). The largest absolute Gasteiger partial charge is 0.480 e. The van der Waals surface area contributed by atoms with Crippen molar-refractivity contribution in [1.29, 1.82) is 0 Å². The molecule has 0 aliphatic heterocycles.